The molecule has 1 saturated heterocycles. The van der Waals surface area contributed by atoms with Crippen molar-refractivity contribution >= 4 is 28.5 Å². The lowest BCUT2D eigenvalue weighted by Crippen LogP contribution is -2.29. The minimum atomic E-state index is -0.436. The van der Waals surface area contributed by atoms with Crippen LogP contribution < -0.4 is 0 Å². The molecule has 4 nitrogen and oxygen atoms in total. The quantitative estimate of drug-likeness (QED) is 0.760. The van der Waals surface area contributed by atoms with Gasteiger partial charge in [-0.25, -0.2) is 0 Å². The third-order valence-electron chi connectivity index (χ3n) is 2.64. The van der Waals surface area contributed by atoms with E-state index >= 15 is 0 Å². The second-order valence-electron chi connectivity index (χ2n) is 3.86. The zero-order valence-corrected chi connectivity index (χ0v) is 10.7. The zero-order valence-electron chi connectivity index (χ0n) is 8.56. The molecule has 1 aromatic carbocycles. The maximum Gasteiger partial charge on any atom is 0.257 e. The summed E-state index contributed by atoms with van der Waals surface area (Å²) in [6.07, 6.45) is 0.171. The maximum absolute atomic E-state index is 12.0. The van der Waals surface area contributed by atoms with E-state index in [1.807, 2.05) is 0 Å². The van der Waals surface area contributed by atoms with E-state index in [2.05, 4.69) is 22.6 Å². The number of benzene rings is 1. The topological polar surface area (TPSA) is 60.8 Å². The van der Waals surface area contributed by atoms with E-state index in [0.717, 1.165) is 3.57 Å². The number of hydrogen-bond acceptors (Lipinski definition) is 3. The van der Waals surface area contributed by atoms with E-state index in [0.29, 0.717) is 25.1 Å². The number of β-amino-alcohol motifs (C(OH)–C–C–N with tert-alkyl or cyclic N) is 1. The van der Waals surface area contributed by atoms with Crippen LogP contribution in [0.25, 0.3) is 0 Å². The molecule has 0 bridgehead atoms. The van der Waals surface area contributed by atoms with Crippen molar-refractivity contribution in [3.05, 3.63) is 27.3 Å². The normalized spacial score (nSPS) is 20.1. The molecule has 1 fully saturated rings. The molecule has 2 rings (SSSR count). The number of rotatable bonds is 1. The van der Waals surface area contributed by atoms with Crippen molar-refractivity contribution in [2.45, 2.75) is 12.5 Å². The molecule has 1 aliphatic rings. The van der Waals surface area contributed by atoms with Gasteiger partial charge in [0, 0.05) is 16.7 Å². The molecule has 1 heterocycles. The fraction of sp³-hybridized carbons (Fsp3) is 0.364. The van der Waals surface area contributed by atoms with Gasteiger partial charge in [-0.3, -0.25) is 4.79 Å². The van der Waals surface area contributed by atoms with Crippen LogP contribution in [0, 0.1) is 3.57 Å². The highest BCUT2D eigenvalue weighted by atomic mass is 127. The number of hydrogen-bond donors (Lipinski definition) is 2. The van der Waals surface area contributed by atoms with Crippen LogP contribution in [0.4, 0.5) is 0 Å². The van der Waals surface area contributed by atoms with Crippen molar-refractivity contribution < 1.29 is 15.0 Å². The van der Waals surface area contributed by atoms with Crippen molar-refractivity contribution in [2.24, 2.45) is 0 Å². The van der Waals surface area contributed by atoms with Gasteiger partial charge in [-0.1, -0.05) is 0 Å². The highest BCUT2D eigenvalue weighted by Gasteiger charge is 2.26. The summed E-state index contributed by atoms with van der Waals surface area (Å²) in [5.41, 5.74) is 0.306. The monoisotopic (exact) mass is 333 g/mol. The molecule has 2 N–H and O–H groups in total. The molecule has 5 heteroatoms. The van der Waals surface area contributed by atoms with Crippen LogP contribution in [0.3, 0.4) is 0 Å². The summed E-state index contributed by atoms with van der Waals surface area (Å²) >= 11 is 2.09. The van der Waals surface area contributed by atoms with Crippen LogP contribution in [0.5, 0.6) is 5.75 Å². The Morgan fingerprint density at radius 3 is 2.88 bits per heavy atom. The molecule has 1 unspecified atom stereocenters. The SMILES string of the molecule is O=C(c1cc(I)ccc1O)N1CCC(O)C1. The number of nitrogens with zero attached hydrogens (tertiary/aromatic N) is 1. The second kappa shape index (κ2) is 4.58. The van der Waals surface area contributed by atoms with Crippen LogP contribution >= 0.6 is 22.6 Å². The molecule has 0 aliphatic carbocycles. The first-order valence-corrected chi connectivity index (χ1v) is 6.11. The van der Waals surface area contributed by atoms with Crippen molar-refractivity contribution in [1.82, 2.24) is 4.90 Å². The predicted octanol–water partition coefficient (Wildman–Crippen LogP) is 1.20. The third-order valence-corrected chi connectivity index (χ3v) is 3.31. The van der Waals surface area contributed by atoms with Crippen molar-refractivity contribution in [1.29, 1.82) is 0 Å². The highest BCUT2D eigenvalue weighted by molar-refractivity contribution is 14.1. The van der Waals surface area contributed by atoms with Crippen LogP contribution in [-0.2, 0) is 0 Å². The summed E-state index contributed by atoms with van der Waals surface area (Å²) in [4.78, 5) is 13.6. The molecule has 1 aromatic rings. The van der Waals surface area contributed by atoms with Crippen LogP contribution in [-0.4, -0.2) is 40.2 Å². The van der Waals surface area contributed by atoms with E-state index < -0.39 is 6.10 Å². The summed E-state index contributed by atoms with van der Waals surface area (Å²) in [5, 5.41) is 19.0. The van der Waals surface area contributed by atoms with Gasteiger partial charge in [-0.15, -0.1) is 0 Å². The summed E-state index contributed by atoms with van der Waals surface area (Å²) in [7, 11) is 0. The summed E-state index contributed by atoms with van der Waals surface area (Å²) < 4.78 is 0.901. The van der Waals surface area contributed by atoms with Gasteiger partial charge in [0.25, 0.3) is 5.91 Å². The minimum absolute atomic E-state index is 0.00759. The lowest BCUT2D eigenvalue weighted by Gasteiger charge is -2.16. The smallest absolute Gasteiger partial charge is 0.257 e. The summed E-state index contributed by atoms with van der Waals surface area (Å²) in [5.74, 6) is -0.223. The maximum atomic E-state index is 12.0. The summed E-state index contributed by atoms with van der Waals surface area (Å²) in [6, 6.07) is 4.91. The van der Waals surface area contributed by atoms with Gasteiger partial charge >= 0.3 is 0 Å². The Morgan fingerprint density at radius 1 is 1.50 bits per heavy atom. The number of phenols is 1. The Balaban J connectivity index is 2.23. The minimum Gasteiger partial charge on any atom is -0.507 e. The number of carbonyl (C=O) groups is 1. The molecule has 0 aromatic heterocycles. The molecule has 0 saturated carbocycles. The zero-order chi connectivity index (χ0) is 11.7. The van der Waals surface area contributed by atoms with Crippen LogP contribution in [0.15, 0.2) is 18.2 Å². The Bertz CT molecular complexity index is 422. The highest BCUT2D eigenvalue weighted by Crippen LogP contribution is 2.23. The average Bonchev–Trinajstić information content (AvgIpc) is 2.67. The molecule has 0 spiro atoms. The van der Waals surface area contributed by atoms with E-state index in [-0.39, 0.29) is 11.7 Å². The largest absolute Gasteiger partial charge is 0.507 e. The van der Waals surface area contributed by atoms with Crippen LogP contribution in [0.2, 0.25) is 0 Å². The third kappa shape index (κ3) is 2.30. The number of aliphatic hydroxyl groups is 1. The van der Waals surface area contributed by atoms with Crippen molar-refractivity contribution in [3.63, 3.8) is 0 Å². The number of phenolic OH excluding ortho intramolecular Hbond substituents is 1. The Morgan fingerprint density at radius 2 is 2.25 bits per heavy atom. The molecular weight excluding hydrogens is 321 g/mol. The van der Waals surface area contributed by atoms with Gasteiger partial charge in [-0.05, 0) is 47.2 Å². The summed E-state index contributed by atoms with van der Waals surface area (Å²) in [6.45, 7) is 0.897. The lowest BCUT2D eigenvalue weighted by molar-refractivity contribution is 0.0762. The number of carbonyl (C=O) groups excluding carboxylic acids is 1. The molecule has 16 heavy (non-hydrogen) atoms. The molecule has 1 atom stereocenters. The molecule has 0 radical (unpaired) electrons. The number of halogens is 1. The molecule has 1 aliphatic heterocycles. The lowest BCUT2D eigenvalue weighted by atomic mass is 10.2. The molecule has 1 amide bonds. The van der Waals surface area contributed by atoms with Gasteiger partial charge in [0.1, 0.15) is 5.75 Å². The van der Waals surface area contributed by atoms with Crippen molar-refractivity contribution in [2.75, 3.05) is 13.1 Å². The number of aliphatic hydroxyl groups excluding tert-OH is 1. The fourth-order valence-electron chi connectivity index (χ4n) is 1.78. The van der Waals surface area contributed by atoms with Crippen molar-refractivity contribution in [3.8, 4) is 5.75 Å². The van der Waals surface area contributed by atoms with Gasteiger partial charge in [0.15, 0.2) is 0 Å². The Kier molecular flexibility index (Phi) is 3.34. The Labute approximate surface area is 107 Å². The van der Waals surface area contributed by atoms with Gasteiger partial charge in [0.2, 0.25) is 0 Å². The second-order valence-corrected chi connectivity index (χ2v) is 5.10. The van der Waals surface area contributed by atoms with E-state index in [1.165, 1.54) is 6.07 Å². The standard InChI is InChI=1S/C11H12INO3/c12-7-1-2-10(15)9(5-7)11(16)13-4-3-8(14)6-13/h1-2,5,8,14-15H,3-4,6H2. The van der Waals surface area contributed by atoms with Gasteiger partial charge in [0.05, 0.1) is 11.7 Å². The number of likely N-dealkylation sites (tertiary alicyclic amines) is 1. The molecule has 86 valence electrons. The fourth-order valence-corrected chi connectivity index (χ4v) is 2.27. The first-order valence-electron chi connectivity index (χ1n) is 5.04. The number of amides is 1. The van der Waals surface area contributed by atoms with Gasteiger partial charge in [-0.2, -0.15) is 0 Å². The first-order chi connectivity index (χ1) is 7.58. The first kappa shape index (κ1) is 11.7. The van der Waals surface area contributed by atoms with E-state index in [4.69, 9.17) is 0 Å². The van der Waals surface area contributed by atoms with E-state index in [1.54, 1.807) is 17.0 Å². The number of aromatic hydroxyl groups is 1. The molecular formula is C11H12INO3. The van der Waals surface area contributed by atoms with Crippen LogP contribution in [0.1, 0.15) is 16.8 Å². The predicted molar refractivity (Wildman–Crippen MR) is 67.4 cm³/mol. The van der Waals surface area contributed by atoms with E-state index in [9.17, 15) is 15.0 Å². The van der Waals surface area contributed by atoms with Gasteiger partial charge < -0.3 is 15.1 Å². The average molecular weight is 333 g/mol. The Hall–Kier alpha value is -0.820.